The van der Waals surface area contributed by atoms with E-state index >= 15 is 0 Å². The van der Waals surface area contributed by atoms with E-state index in [1.54, 1.807) is 27.4 Å². The Labute approximate surface area is 241 Å². The van der Waals surface area contributed by atoms with Crippen LogP contribution in [0.25, 0.3) is 0 Å². The lowest BCUT2D eigenvalue weighted by Crippen LogP contribution is -2.49. The summed E-state index contributed by atoms with van der Waals surface area (Å²) in [7, 11) is 4.71. The Bertz CT molecular complexity index is 1170. The zero-order chi connectivity index (χ0) is 29.2. The first-order chi connectivity index (χ1) is 19.9. The molecule has 41 heavy (non-hydrogen) atoms. The van der Waals surface area contributed by atoms with Gasteiger partial charge in [-0.3, -0.25) is 4.90 Å². The van der Waals surface area contributed by atoms with E-state index in [4.69, 9.17) is 14.2 Å². The quantitative estimate of drug-likeness (QED) is 0.284. The molecule has 0 saturated carbocycles. The molecule has 0 aliphatic carbocycles. The molecule has 0 bridgehead atoms. The number of hydrogen-bond acceptors (Lipinski definition) is 7. The SMILES string of the molecule is COc1ccc(NCC(O)CN2CCN(CCCC(c3ccc(F)cc3)c3ccc(F)cc3)CC2)c(OC)c1OC. The molecule has 2 N–H and O–H groups in total. The number of hydrogen-bond donors (Lipinski definition) is 2. The van der Waals surface area contributed by atoms with Gasteiger partial charge in [0.25, 0.3) is 0 Å². The van der Waals surface area contributed by atoms with Crippen molar-refractivity contribution in [3.63, 3.8) is 0 Å². The number of methoxy groups -OCH3 is 3. The van der Waals surface area contributed by atoms with Gasteiger partial charge in [-0.25, -0.2) is 8.78 Å². The number of nitrogens with one attached hydrogen (secondary N) is 1. The molecule has 0 spiro atoms. The van der Waals surface area contributed by atoms with Crippen molar-refractivity contribution in [1.29, 1.82) is 0 Å². The van der Waals surface area contributed by atoms with Gasteiger partial charge in [-0.15, -0.1) is 0 Å². The summed E-state index contributed by atoms with van der Waals surface area (Å²) >= 11 is 0. The maximum absolute atomic E-state index is 13.5. The van der Waals surface area contributed by atoms with E-state index in [-0.39, 0.29) is 17.6 Å². The number of β-amino-alcohol motifs (C(OH)–C–C–N with tert-alkyl or cyclic N) is 1. The van der Waals surface area contributed by atoms with Crippen molar-refractivity contribution in [3.8, 4) is 17.2 Å². The van der Waals surface area contributed by atoms with E-state index < -0.39 is 6.10 Å². The first-order valence-electron chi connectivity index (χ1n) is 14.1. The van der Waals surface area contributed by atoms with Crippen LogP contribution in [-0.2, 0) is 0 Å². The third kappa shape index (κ3) is 8.31. The monoisotopic (exact) mass is 569 g/mol. The average molecular weight is 570 g/mol. The molecule has 9 heteroatoms. The normalized spacial score (nSPS) is 15.1. The molecule has 3 aromatic carbocycles. The van der Waals surface area contributed by atoms with Gasteiger partial charge in [0.05, 0.1) is 33.1 Å². The smallest absolute Gasteiger partial charge is 0.205 e. The van der Waals surface area contributed by atoms with Crippen molar-refractivity contribution in [3.05, 3.63) is 83.4 Å². The third-order valence-electron chi connectivity index (χ3n) is 7.68. The number of rotatable bonds is 14. The van der Waals surface area contributed by atoms with Crippen LogP contribution in [-0.4, -0.2) is 88.2 Å². The second kappa shape index (κ2) is 15.0. The molecule has 0 amide bonds. The van der Waals surface area contributed by atoms with Gasteiger partial charge in [-0.2, -0.15) is 0 Å². The van der Waals surface area contributed by atoms with Crippen LogP contribution < -0.4 is 19.5 Å². The van der Waals surface area contributed by atoms with Crippen molar-refractivity contribution in [1.82, 2.24) is 9.80 Å². The highest BCUT2D eigenvalue weighted by Crippen LogP contribution is 2.42. The molecule has 1 aliphatic rings. The molecule has 4 rings (SSSR count). The lowest BCUT2D eigenvalue weighted by molar-refractivity contribution is 0.0775. The molecule has 1 aliphatic heterocycles. The van der Waals surface area contributed by atoms with E-state index in [1.165, 1.54) is 24.3 Å². The first-order valence-corrected chi connectivity index (χ1v) is 14.1. The number of anilines is 1. The van der Waals surface area contributed by atoms with Crippen LogP contribution in [0.2, 0.25) is 0 Å². The Morgan fingerprint density at radius 1 is 0.756 bits per heavy atom. The maximum atomic E-state index is 13.5. The molecule has 1 heterocycles. The Hall–Kier alpha value is -3.40. The van der Waals surface area contributed by atoms with E-state index in [1.807, 2.05) is 30.3 Å². The third-order valence-corrected chi connectivity index (χ3v) is 7.68. The van der Waals surface area contributed by atoms with Gasteiger partial charge in [0.2, 0.25) is 5.75 Å². The summed E-state index contributed by atoms with van der Waals surface area (Å²) in [6.07, 6.45) is 1.31. The molecular formula is C32H41F2N3O4. The van der Waals surface area contributed by atoms with Crippen molar-refractivity contribution in [2.24, 2.45) is 0 Å². The molecule has 1 atom stereocenters. The van der Waals surface area contributed by atoms with E-state index in [9.17, 15) is 13.9 Å². The second-order valence-corrected chi connectivity index (χ2v) is 10.4. The molecule has 0 aromatic heterocycles. The number of benzene rings is 3. The fourth-order valence-electron chi connectivity index (χ4n) is 5.46. The number of nitrogens with zero attached hydrogens (tertiary/aromatic N) is 2. The molecule has 222 valence electrons. The molecule has 7 nitrogen and oxygen atoms in total. The fraction of sp³-hybridized carbons (Fsp3) is 0.438. The van der Waals surface area contributed by atoms with Crippen LogP contribution in [0.15, 0.2) is 60.7 Å². The largest absolute Gasteiger partial charge is 0.493 e. The highest BCUT2D eigenvalue weighted by molar-refractivity contribution is 5.68. The Morgan fingerprint density at radius 2 is 1.32 bits per heavy atom. The van der Waals surface area contributed by atoms with Crippen molar-refractivity contribution in [2.45, 2.75) is 24.9 Å². The molecule has 1 saturated heterocycles. The minimum Gasteiger partial charge on any atom is -0.493 e. The zero-order valence-corrected chi connectivity index (χ0v) is 24.1. The van der Waals surface area contributed by atoms with Crippen LogP contribution in [0.1, 0.15) is 29.9 Å². The van der Waals surface area contributed by atoms with Crippen LogP contribution in [0, 0.1) is 11.6 Å². The van der Waals surface area contributed by atoms with Crippen LogP contribution >= 0.6 is 0 Å². The topological polar surface area (TPSA) is 66.4 Å². The summed E-state index contributed by atoms with van der Waals surface area (Å²) in [6, 6.07) is 16.9. The highest BCUT2D eigenvalue weighted by atomic mass is 19.1. The van der Waals surface area contributed by atoms with E-state index in [0.717, 1.165) is 62.4 Å². The summed E-state index contributed by atoms with van der Waals surface area (Å²) < 4.78 is 43.3. The van der Waals surface area contributed by atoms with E-state index in [2.05, 4.69) is 15.1 Å². The van der Waals surface area contributed by atoms with Gasteiger partial charge in [-0.1, -0.05) is 24.3 Å². The lowest BCUT2D eigenvalue weighted by atomic mass is 9.87. The first kappa shape index (κ1) is 30.6. The number of aliphatic hydroxyl groups is 1. The van der Waals surface area contributed by atoms with Gasteiger partial charge >= 0.3 is 0 Å². The van der Waals surface area contributed by atoms with Crippen molar-refractivity contribution >= 4 is 5.69 Å². The maximum Gasteiger partial charge on any atom is 0.205 e. The summed E-state index contributed by atoms with van der Waals surface area (Å²) in [4.78, 5) is 4.73. The van der Waals surface area contributed by atoms with Crippen LogP contribution in [0.5, 0.6) is 17.2 Å². The van der Waals surface area contributed by atoms with Crippen LogP contribution in [0.3, 0.4) is 0 Å². The number of aliphatic hydroxyl groups excluding tert-OH is 1. The summed E-state index contributed by atoms with van der Waals surface area (Å²) in [5.41, 5.74) is 2.81. The number of halogens is 2. The Balaban J connectivity index is 1.22. The minimum atomic E-state index is -0.550. The van der Waals surface area contributed by atoms with Crippen LogP contribution in [0.4, 0.5) is 14.5 Å². The number of ether oxygens (including phenoxy) is 3. The zero-order valence-electron chi connectivity index (χ0n) is 24.1. The van der Waals surface area contributed by atoms with Gasteiger partial charge < -0.3 is 29.5 Å². The van der Waals surface area contributed by atoms with Gasteiger partial charge in [0.1, 0.15) is 11.6 Å². The lowest BCUT2D eigenvalue weighted by Gasteiger charge is -2.36. The Kier molecular flexibility index (Phi) is 11.2. The molecule has 3 aromatic rings. The molecular weight excluding hydrogens is 528 g/mol. The molecule has 0 radical (unpaired) electrons. The minimum absolute atomic E-state index is 0.0874. The highest BCUT2D eigenvalue weighted by Gasteiger charge is 2.21. The van der Waals surface area contributed by atoms with Crippen molar-refractivity contribution in [2.75, 3.05) is 72.5 Å². The summed E-state index contributed by atoms with van der Waals surface area (Å²) in [5, 5.41) is 14.0. The fourth-order valence-corrected chi connectivity index (χ4v) is 5.46. The van der Waals surface area contributed by atoms with Gasteiger partial charge in [0, 0.05) is 45.2 Å². The second-order valence-electron chi connectivity index (χ2n) is 10.4. The summed E-state index contributed by atoms with van der Waals surface area (Å²) in [6.45, 7) is 5.54. The van der Waals surface area contributed by atoms with Crippen molar-refractivity contribution < 1.29 is 28.1 Å². The number of piperazine rings is 1. The standard InChI is InChI=1S/C32H41F2N3O4/c1-39-30-15-14-29(31(40-2)32(30)41-3)35-21-27(38)22-37-19-17-36(18-20-37)16-4-5-28(23-6-10-25(33)11-7-23)24-8-12-26(34)13-9-24/h6-15,27-28,35,38H,4-5,16-22H2,1-3H3. The summed E-state index contributed by atoms with van der Waals surface area (Å²) in [5.74, 6) is 1.19. The predicted octanol–water partition coefficient (Wildman–Crippen LogP) is 4.99. The van der Waals surface area contributed by atoms with Gasteiger partial charge in [0.15, 0.2) is 11.5 Å². The average Bonchev–Trinajstić information content (AvgIpc) is 2.99. The Morgan fingerprint density at radius 3 is 1.85 bits per heavy atom. The predicted molar refractivity (Wildman–Crippen MR) is 157 cm³/mol. The van der Waals surface area contributed by atoms with Gasteiger partial charge in [-0.05, 0) is 66.9 Å². The molecule has 1 fully saturated rings. The van der Waals surface area contributed by atoms with E-state index in [0.29, 0.717) is 30.3 Å². The molecule has 1 unspecified atom stereocenters.